The molecule has 0 radical (unpaired) electrons. The molecule has 0 amide bonds. The molecule has 0 aromatic heterocycles. The summed E-state index contributed by atoms with van der Waals surface area (Å²) in [6.45, 7) is 0. The van der Waals surface area contributed by atoms with Gasteiger partial charge >= 0.3 is 0 Å². The van der Waals surface area contributed by atoms with Crippen LogP contribution >= 0.6 is 15.9 Å². The van der Waals surface area contributed by atoms with Gasteiger partial charge in [0.15, 0.2) is 0 Å². The van der Waals surface area contributed by atoms with Gasteiger partial charge < -0.3 is 10.5 Å². The maximum Gasteiger partial charge on any atom is 0.129 e. The fourth-order valence-electron chi connectivity index (χ4n) is 1.99. The Labute approximate surface area is 124 Å². The molecule has 0 aliphatic carbocycles. The Morgan fingerprint density at radius 1 is 1.20 bits per heavy atom. The Hall–Kier alpha value is -1.46. The molecule has 2 aromatic carbocycles. The minimum absolute atomic E-state index is 0.00489. The Balaban J connectivity index is 2.30. The Morgan fingerprint density at radius 3 is 2.45 bits per heavy atom. The highest BCUT2D eigenvalue weighted by atomic mass is 79.9. The van der Waals surface area contributed by atoms with Gasteiger partial charge in [-0.2, -0.15) is 0 Å². The number of rotatable bonds is 4. The van der Waals surface area contributed by atoms with Crippen LogP contribution < -0.4 is 10.5 Å². The van der Waals surface area contributed by atoms with Crippen molar-refractivity contribution in [2.75, 3.05) is 7.11 Å². The summed E-state index contributed by atoms with van der Waals surface area (Å²) in [6.07, 6.45) is 0.0737. The predicted molar refractivity (Wildman–Crippen MR) is 77.7 cm³/mol. The van der Waals surface area contributed by atoms with E-state index >= 15 is 0 Å². The molecule has 2 nitrogen and oxygen atoms in total. The highest BCUT2D eigenvalue weighted by molar-refractivity contribution is 9.10. The van der Waals surface area contributed by atoms with E-state index in [1.807, 2.05) is 0 Å². The molecular formula is C15H14BrF2NO. The molecule has 2 rings (SSSR count). The molecule has 0 aliphatic heterocycles. The molecule has 2 aromatic rings. The first kappa shape index (κ1) is 14.9. The molecule has 0 saturated heterocycles. The van der Waals surface area contributed by atoms with Crippen molar-refractivity contribution < 1.29 is 13.5 Å². The van der Waals surface area contributed by atoms with E-state index in [9.17, 15) is 8.78 Å². The van der Waals surface area contributed by atoms with Crippen molar-refractivity contribution >= 4 is 15.9 Å². The standard InChI is InChI=1S/C15H14BrF2NO/c1-20-9-5-6-12(16)10(7-9)15(19)8-11-13(17)3-2-4-14(11)18/h2-7,15H,8,19H2,1H3. The molecule has 0 saturated carbocycles. The highest BCUT2D eigenvalue weighted by Gasteiger charge is 2.16. The number of ether oxygens (including phenoxy) is 1. The number of hydrogen-bond donors (Lipinski definition) is 1. The van der Waals surface area contributed by atoms with Crippen LogP contribution in [0.5, 0.6) is 5.75 Å². The topological polar surface area (TPSA) is 35.2 Å². The van der Waals surface area contributed by atoms with Gasteiger partial charge in [0, 0.05) is 16.1 Å². The quantitative estimate of drug-likeness (QED) is 0.912. The molecule has 2 N–H and O–H groups in total. The van der Waals surface area contributed by atoms with Crippen LogP contribution in [0.25, 0.3) is 0 Å². The van der Waals surface area contributed by atoms with E-state index in [1.165, 1.54) is 18.2 Å². The summed E-state index contributed by atoms with van der Waals surface area (Å²) in [6, 6.07) is 8.59. The third kappa shape index (κ3) is 3.16. The van der Waals surface area contributed by atoms with Gasteiger partial charge in [-0.1, -0.05) is 22.0 Å². The van der Waals surface area contributed by atoms with E-state index in [4.69, 9.17) is 10.5 Å². The van der Waals surface area contributed by atoms with Crippen LogP contribution in [-0.4, -0.2) is 7.11 Å². The van der Waals surface area contributed by atoms with Gasteiger partial charge in [0.2, 0.25) is 0 Å². The zero-order chi connectivity index (χ0) is 14.7. The normalized spacial score (nSPS) is 12.2. The van der Waals surface area contributed by atoms with E-state index in [0.717, 1.165) is 10.0 Å². The van der Waals surface area contributed by atoms with Gasteiger partial charge in [-0.3, -0.25) is 0 Å². The Kier molecular flexibility index (Phi) is 4.73. The summed E-state index contributed by atoms with van der Waals surface area (Å²) in [7, 11) is 1.55. The van der Waals surface area contributed by atoms with E-state index in [1.54, 1.807) is 25.3 Å². The van der Waals surface area contributed by atoms with Gasteiger partial charge in [0.05, 0.1) is 7.11 Å². The van der Waals surface area contributed by atoms with E-state index in [2.05, 4.69) is 15.9 Å². The van der Waals surface area contributed by atoms with Crippen molar-refractivity contribution in [2.24, 2.45) is 5.73 Å². The van der Waals surface area contributed by atoms with Crippen molar-refractivity contribution in [3.05, 3.63) is 63.6 Å². The number of benzene rings is 2. The average Bonchev–Trinajstić information content (AvgIpc) is 2.43. The Morgan fingerprint density at radius 2 is 1.85 bits per heavy atom. The lowest BCUT2D eigenvalue weighted by Gasteiger charge is -2.16. The summed E-state index contributed by atoms with van der Waals surface area (Å²) in [5.74, 6) is -0.522. The van der Waals surface area contributed by atoms with Gasteiger partial charge in [-0.25, -0.2) is 8.78 Å². The first-order valence-electron chi connectivity index (χ1n) is 6.05. The molecule has 1 atom stereocenters. The van der Waals surface area contributed by atoms with Crippen LogP contribution in [0.3, 0.4) is 0 Å². The molecule has 0 fully saturated rings. The zero-order valence-corrected chi connectivity index (χ0v) is 12.5. The Bertz CT molecular complexity index is 599. The average molecular weight is 342 g/mol. The SMILES string of the molecule is COc1ccc(Br)c(C(N)Cc2c(F)cccc2F)c1. The van der Waals surface area contributed by atoms with E-state index in [-0.39, 0.29) is 12.0 Å². The summed E-state index contributed by atoms with van der Waals surface area (Å²) in [5, 5.41) is 0. The summed E-state index contributed by atoms with van der Waals surface area (Å²) < 4.78 is 33.2. The maximum atomic E-state index is 13.6. The van der Waals surface area contributed by atoms with Crippen LogP contribution in [0, 0.1) is 11.6 Å². The lowest BCUT2D eigenvalue weighted by molar-refractivity contribution is 0.413. The van der Waals surface area contributed by atoms with Crippen LogP contribution in [0.2, 0.25) is 0 Å². The second-order valence-electron chi connectivity index (χ2n) is 4.40. The van der Waals surface area contributed by atoms with Crippen molar-refractivity contribution in [3.63, 3.8) is 0 Å². The number of halogens is 3. The largest absolute Gasteiger partial charge is 0.497 e. The smallest absolute Gasteiger partial charge is 0.129 e. The molecule has 5 heteroatoms. The molecule has 1 unspecified atom stereocenters. The zero-order valence-electron chi connectivity index (χ0n) is 10.9. The van der Waals surface area contributed by atoms with Gasteiger partial charge in [0.25, 0.3) is 0 Å². The van der Waals surface area contributed by atoms with Crippen molar-refractivity contribution in [2.45, 2.75) is 12.5 Å². The molecule has 0 spiro atoms. The lowest BCUT2D eigenvalue weighted by atomic mass is 9.99. The molecule has 106 valence electrons. The van der Waals surface area contributed by atoms with Crippen LogP contribution in [0.15, 0.2) is 40.9 Å². The van der Waals surface area contributed by atoms with Crippen molar-refractivity contribution in [1.82, 2.24) is 0 Å². The van der Waals surface area contributed by atoms with Gasteiger partial charge in [0.1, 0.15) is 17.4 Å². The molecule has 0 heterocycles. The van der Waals surface area contributed by atoms with Crippen LogP contribution in [-0.2, 0) is 6.42 Å². The monoisotopic (exact) mass is 341 g/mol. The molecule has 0 aliphatic rings. The lowest BCUT2D eigenvalue weighted by Crippen LogP contribution is -2.16. The third-order valence-corrected chi connectivity index (χ3v) is 3.81. The fraction of sp³-hybridized carbons (Fsp3) is 0.200. The highest BCUT2D eigenvalue weighted by Crippen LogP contribution is 2.29. The van der Waals surface area contributed by atoms with Crippen LogP contribution in [0.1, 0.15) is 17.2 Å². The molecule has 0 bridgehead atoms. The van der Waals surface area contributed by atoms with E-state index < -0.39 is 17.7 Å². The van der Waals surface area contributed by atoms with Gasteiger partial charge in [-0.15, -0.1) is 0 Å². The van der Waals surface area contributed by atoms with E-state index in [0.29, 0.717) is 5.75 Å². The summed E-state index contributed by atoms with van der Waals surface area (Å²) >= 11 is 3.39. The van der Waals surface area contributed by atoms with Gasteiger partial charge in [-0.05, 0) is 42.3 Å². The first-order chi connectivity index (χ1) is 9.52. The third-order valence-electron chi connectivity index (χ3n) is 3.09. The van der Waals surface area contributed by atoms with Crippen molar-refractivity contribution in [1.29, 1.82) is 0 Å². The number of hydrogen-bond acceptors (Lipinski definition) is 2. The number of nitrogens with two attached hydrogens (primary N) is 1. The predicted octanol–water partition coefficient (Wildman–Crippen LogP) is 3.98. The number of methoxy groups -OCH3 is 1. The van der Waals surface area contributed by atoms with Crippen LogP contribution in [0.4, 0.5) is 8.78 Å². The molecular weight excluding hydrogens is 328 g/mol. The second-order valence-corrected chi connectivity index (χ2v) is 5.25. The van der Waals surface area contributed by atoms with Crippen molar-refractivity contribution in [3.8, 4) is 5.75 Å². The fourth-order valence-corrected chi connectivity index (χ4v) is 2.53. The first-order valence-corrected chi connectivity index (χ1v) is 6.84. The minimum Gasteiger partial charge on any atom is -0.497 e. The second kappa shape index (κ2) is 6.33. The maximum absolute atomic E-state index is 13.6. The summed E-state index contributed by atoms with van der Waals surface area (Å²) in [5.41, 5.74) is 6.81. The summed E-state index contributed by atoms with van der Waals surface area (Å²) in [4.78, 5) is 0. The molecule has 20 heavy (non-hydrogen) atoms. The minimum atomic E-state index is -0.584.